The molecule has 0 aliphatic heterocycles. The summed E-state index contributed by atoms with van der Waals surface area (Å²) in [5.74, 6) is 0.259. The predicted octanol–water partition coefficient (Wildman–Crippen LogP) is 2.68. The number of esters is 1. The second kappa shape index (κ2) is 6.83. The molecule has 0 unspecified atom stereocenters. The molecule has 0 radical (unpaired) electrons. The van der Waals surface area contributed by atoms with E-state index in [1.807, 2.05) is 18.2 Å². The molecule has 2 aromatic rings. The van der Waals surface area contributed by atoms with Crippen molar-refractivity contribution < 1.29 is 9.53 Å². The number of ether oxygens (including phenoxy) is 1. The normalized spacial score (nSPS) is 10.5. The zero-order valence-electron chi connectivity index (χ0n) is 12.5. The minimum Gasteiger partial charge on any atom is -0.464 e. The Hall–Kier alpha value is -2.43. The van der Waals surface area contributed by atoms with Crippen molar-refractivity contribution in [2.45, 2.75) is 26.4 Å². The minimum atomic E-state index is -0.479. The third-order valence-electron chi connectivity index (χ3n) is 3.15. The Labute approximate surface area is 124 Å². The van der Waals surface area contributed by atoms with Crippen molar-refractivity contribution >= 4 is 11.8 Å². The van der Waals surface area contributed by atoms with Crippen LogP contribution in [0.4, 0.5) is 5.82 Å². The zero-order chi connectivity index (χ0) is 15.2. The smallest absolute Gasteiger partial charge is 0.358 e. The van der Waals surface area contributed by atoms with Crippen molar-refractivity contribution in [1.82, 2.24) is 9.97 Å². The van der Waals surface area contributed by atoms with Gasteiger partial charge in [0.05, 0.1) is 19.5 Å². The first-order valence-corrected chi connectivity index (χ1v) is 6.82. The molecule has 0 N–H and O–H groups in total. The van der Waals surface area contributed by atoms with Crippen LogP contribution in [-0.2, 0) is 11.3 Å². The first-order valence-electron chi connectivity index (χ1n) is 6.82. The van der Waals surface area contributed by atoms with Crippen LogP contribution in [0.1, 0.15) is 29.9 Å². The van der Waals surface area contributed by atoms with E-state index in [1.165, 1.54) is 18.9 Å². The third kappa shape index (κ3) is 3.78. The molecule has 5 nitrogen and oxygen atoms in total. The van der Waals surface area contributed by atoms with E-state index in [0.717, 1.165) is 12.4 Å². The first-order chi connectivity index (χ1) is 10.1. The molecule has 1 aromatic carbocycles. The predicted molar refractivity (Wildman–Crippen MR) is 81.1 cm³/mol. The fraction of sp³-hybridized carbons (Fsp3) is 0.312. The molecular formula is C16H19N3O2. The van der Waals surface area contributed by atoms with Gasteiger partial charge in [-0.25, -0.2) is 14.8 Å². The molecule has 0 bridgehead atoms. The highest BCUT2D eigenvalue weighted by Crippen LogP contribution is 2.17. The average molecular weight is 285 g/mol. The molecule has 0 aliphatic rings. The number of nitrogens with zero attached hydrogens (tertiary/aromatic N) is 3. The largest absolute Gasteiger partial charge is 0.464 e. The van der Waals surface area contributed by atoms with Crippen LogP contribution >= 0.6 is 0 Å². The van der Waals surface area contributed by atoms with E-state index in [9.17, 15) is 4.79 Å². The van der Waals surface area contributed by atoms with Gasteiger partial charge in [-0.2, -0.15) is 0 Å². The lowest BCUT2D eigenvalue weighted by atomic mass is 10.2. The molecule has 21 heavy (non-hydrogen) atoms. The molecule has 0 spiro atoms. The highest BCUT2D eigenvalue weighted by molar-refractivity contribution is 5.86. The van der Waals surface area contributed by atoms with Crippen LogP contribution in [0.2, 0.25) is 0 Å². The van der Waals surface area contributed by atoms with E-state index >= 15 is 0 Å². The van der Waals surface area contributed by atoms with Crippen LogP contribution in [0.5, 0.6) is 0 Å². The Morgan fingerprint density at radius 1 is 1.19 bits per heavy atom. The van der Waals surface area contributed by atoms with Gasteiger partial charge in [-0.15, -0.1) is 0 Å². The summed E-state index contributed by atoms with van der Waals surface area (Å²) in [6, 6.07) is 10.4. The van der Waals surface area contributed by atoms with Crippen LogP contribution in [-0.4, -0.2) is 29.1 Å². The maximum atomic E-state index is 11.4. The Bertz CT molecular complexity index is 582. The number of methoxy groups -OCH3 is 1. The molecular weight excluding hydrogens is 266 g/mol. The Morgan fingerprint density at radius 3 is 2.43 bits per heavy atom. The van der Waals surface area contributed by atoms with Gasteiger partial charge in [0, 0.05) is 12.6 Å². The Kier molecular flexibility index (Phi) is 4.87. The van der Waals surface area contributed by atoms with Gasteiger partial charge in [-0.1, -0.05) is 30.3 Å². The summed E-state index contributed by atoms with van der Waals surface area (Å²) in [5.41, 5.74) is 1.41. The van der Waals surface area contributed by atoms with Gasteiger partial charge in [-0.05, 0) is 19.4 Å². The topological polar surface area (TPSA) is 55.3 Å². The van der Waals surface area contributed by atoms with E-state index in [-0.39, 0.29) is 11.7 Å². The quantitative estimate of drug-likeness (QED) is 0.791. The summed E-state index contributed by atoms with van der Waals surface area (Å²) >= 11 is 0. The first kappa shape index (κ1) is 15.0. The zero-order valence-corrected chi connectivity index (χ0v) is 12.5. The highest BCUT2D eigenvalue weighted by atomic mass is 16.5. The summed E-state index contributed by atoms with van der Waals surface area (Å²) < 4.78 is 4.62. The van der Waals surface area contributed by atoms with Gasteiger partial charge in [-0.3, -0.25) is 0 Å². The third-order valence-corrected chi connectivity index (χ3v) is 3.15. The van der Waals surface area contributed by atoms with Gasteiger partial charge >= 0.3 is 5.97 Å². The summed E-state index contributed by atoms with van der Waals surface area (Å²) in [6.45, 7) is 4.93. The summed E-state index contributed by atoms with van der Waals surface area (Å²) in [4.78, 5) is 22.0. The standard InChI is InChI=1S/C16H19N3O2/c1-12(2)19(11-13-7-5-4-6-8-13)15-10-17-14(9-18-15)16(20)21-3/h4-10,12H,11H2,1-3H3. The van der Waals surface area contributed by atoms with Crippen LogP contribution in [0.15, 0.2) is 42.7 Å². The molecule has 5 heteroatoms. The number of benzene rings is 1. The van der Waals surface area contributed by atoms with Gasteiger partial charge in [0.1, 0.15) is 5.82 Å². The van der Waals surface area contributed by atoms with Crippen molar-refractivity contribution in [3.63, 3.8) is 0 Å². The van der Waals surface area contributed by atoms with Crippen LogP contribution in [0.25, 0.3) is 0 Å². The van der Waals surface area contributed by atoms with Crippen molar-refractivity contribution in [2.24, 2.45) is 0 Å². The molecule has 0 amide bonds. The lowest BCUT2D eigenvalue weighted by molar-refractivity contribution is 0.0593. The van der Waals surface area contributed by atoms with Gasteiger partial charge < -0.3 is 9.64 Å². The fourth-order valence-corrected chi connectivity index (χ4v) is 1.99. The number of hydrogen-bond acceptors (Lipinski definition) is 5. The van der Waals surface area contributed by atoms with Gasteiger partial charge in [0.2, 0.25) is 0 Å². The molecule has 0 saturated heterocycles. The maximum absolute atomic E-state index is 11.4. The van der Waals surface area contributed by atoms with E-state index < -0.39 is 5.97 Å². The van der Waals surface area contributed by atoms with E-state index in [0.29, 0.717) is 0 Å². The number of anilines is 1. The lowest BCUT2D eigenvalue weighted by Crippen LogP contribution is -2.31. The Morgan fingerprint density at radius 2 is 1.90 bits per heavy atom. The number of hydrogen-bond donors (Lipinski definition) is 0. The number of aromatic nitrogens is 2. The summed E-state index contributed by atoms with van der Waals surface area (Å²) in [5, 5.41) is 0. The van der Waals surface area contributed by atoms with Crippen LogP contribution in [0, 0.1) is 0 Å². The second-order valence-corrected chi connectivity index (χ2v) is 4.96. The molecule has 0 atom stereocenters. The maximum Gasteiger partial charge on any atom is 0.358 e. The van der Waals surface area contributed by atoms with E-state index in [1.54, 1.807) is 6.20 Å². The van der Waals surface area contributed by atoms with Crippen molar-refractivity contribution in [3.05, 3.63) is 54.0 Å². The highest BCUT2D eigenvalue weighted by Gasteiger charge is 2.14. The molecule has 0 fully saturated rings. The second-order valence-electron chi connectivity index (χ2n) is 4.96. The fourth-order valence-electron chi connectivity index (χ4n) is 1.99. The molecule has 1 aromatic heterocycles. The van der Waals surface area contributed by atoms with Crippen molar-refractivity contribution in [3.8, 4) is 0 Å². The monoisotopic (exact) mass is 285 g/mol. The lowest BCUT2D eigenvalue weighted by Gasteiger charge is -2.27. The van der Waals surface area contributed by atoms with Crippen LogP contribution in [0.3, 0.4) is 0 Å². The SMILES string of the molecule is COC(=O)c1cnc(N(Cc2ccccc2)C(C)C)cn1. The number of rotatable bonds is 5. The van der Waals surface area contributed by atoms with Gasteiger partial charge in [0.15, 0.2) is 5.69 Å². The number of carbonyl (C=O) groups excluding carboxylic acids is 1. The molecule has 0 saturated carbocycles. The molecule has 2 rings (SSSR count). The number of carbonyl (C=O) groups is 1. The molecule has 1 heterocycles. The van der Waals surface area contributed by atoms with Crippen LogP contribution < -0.4 is 4.90 Å². The van der Waals surface area contributed by atoms with Crippen molar-refractivity contribution in [2.75, 3.05) is 12.0 Å². The van der Waals surface area contributed by atoms with E-state index in [4.69, 9.17) is 0 Å². The molecule has 0 aliphatic carbocycles. The molecule has 110 valence electrons. The Balaban J connectivity index is 2.20. The average Bonchev–Trinajstić information content (AvgIpc) is 2.53. The van der Waals surface area contributed by atoms with E-state index in [2.05, 4.69) is 45.6 Å². The van der Waals surface area contributed by atoms with Crippen molar-refractivity contribution in [1.29, 1.82) is 0 Å². The summed E-state index contributed by atoms with van der Waals surface area (Å²) in [7, 11) is 1.33. The van der Waals surface area contributed by atoms with Gasteiger partial charge in [0.25, 0.3) is 0 Å². The summed E-state index contributed by atoms with van der Waals surface area (Å²) in [6.07, 6.45) is 3.05. The minimum absolute atomic E-state index is 0.213.